The van der Waals surface area contributed by atoms with Crippen molar-refractivity contribution in [2.24, 2.45) is 0 Å². The van der Waals surface area contributed by atoms with Gasteiger partial charge in [-0.05, 0) is 37.1 Å². The second kappa shape index (κ2) is 13.1. The van der Waals surface area contributed by atoms with Gasteiger partial charge in [0, 0.05) is 61.2 Å². The number of carbonyl (C=O) groups is 2. The van der Waals surface area contributed by atoms with Crippen LogP contribution in [0.4, 0.5) is 0 Å². The summed E-state index contributed by atoms with van der Waals surface area (Å²) in [5.41, 5.74) is 8.45. The van der Waals surface area contributed by atoms with Gasteiger partial charge < -0.3 is 10.2 Å². The van der Waals surface area contributed by atoms with Crippen molar-refractivity contribution >= 4 is 33.6 Å². The first-order chi connectivity index (χ1) is 23.0. The molecule has 0 saturated carbocycles. The number of piperazine rings is 1. The molecular formula is C40H37N5O2. The van der Waals surface area contributed by atoms with Crippen molar-refractivity contribution in [3.8, 4) is 22.5 Å². The average Bonchev–Trinajstić information content (AvgIpc) is 3.12. The van der Waals surface area contributed by atoms with Gasteiger partial charge in [-0.2, -0.15) is 0 Å². The molecule has 6 aromatic rings. The van der Waals surface area contributed by atoms with Crippen molar-refractivity contribution in [3.63, 3.8) is 0 Å². The summed E-state index contributed by atoms with van der Waals surface area (Å²) < 4.78 is 0. The van der Waals surface area contributed by atoms with E-state index in [1.807, 2.05) is 128 Å². The number of hydrogen-bond acceptors (Lipinski definition) is 5. The Labute approximate surface area is 274 Å². The Morgan fingerprint density at radius 2 is 1.09 bits per heavy atom. The molecule has 0 radical (unpaired) electrons. The number of rotatable bonds is 7. The van der Waals surface area contributed by atoms with Crippen LogP contribution < -0.4 is 5.32 Å². The van der Waals surface area contributed by atoms with Crippen molar-refractivity contribution in [1.29, 1.82) is 0 Å². The third-order valence-electron chi connectivity index (χ3n) is 9.18. The standard InChI is InChI=1S/C40H37N5O2/c1-27-35(31-17-9-11-19-33(31)42-37(27)29-13-5-3-6-14-29)39(46)41-21-22-44-23-25-45(26-24-44)40(47)36-28(2)38(30-15-7-4-8-16-30)43-34-20-12-10-18-32(34)36/h3-20H,21-26H2,1-2H3,(H,41,46). The summed E-state index contributed by atoms with van der Waals surface area (Å²) in [4.78, 5) is 41.8. The molecule has 3 heterocycles. The minimum Gasteiger partial charge on any atom is -0.351 e. The number of nitrogens with one attached hydrogen (secondary N) is 1. The van der Waals surface area contributed by atoms with Gasteiger partial charge in [0.2, 0.25) is 0 Å². The highest BCUT2D eigenvalue weighted by Gasteiger charge is 2.27. The number of benzene rings is 4. The van der Waals surface area contributed by atoms with Crippen molar-refractivity contribution in [2.75, 3.05) is 39.3 Å². The van der Waals surface area contributed by atoms with E-state index >= 15 is 0 Å². The number of amides is 2. The first-order valence-electron chi connectivity index (χ1n) is 16.2. The van der Waals surface area contributed by atoms with Crippen LogP contribution in [0.3, 0.4) is 0 Å². The Morgan fingerprint density at radius 1 is 0.617 bits per heavy atom. The zero-order chi connectivity index (χ0) is 32.3. The number of nitrogens with zero attached hydrogens (tertiary/aromatic N) is 4. The Bertz CT molecular complexity index is 2090. The van der Waals surface area contributed by atoms with Crippen molar-refractivity contribution in [2.45, 2.75) is 13.8 Å². The number of hydrogen-bond donors (Lipinski definition) is 1. The Kier molecular flexibility index (Phi) is 8.46. The lowest BCUT2D eigenvalue weighted by Gasteiger charge is -2.35. The van der Waals surface area contributed by atoms with Gasteiger partial charge in [0.25, 0.3) is 11.8 Å². The van der Waals surface area contributed by atoms with E-state index in [-0.39, 0.29) is 11.8 Å². The first kappa shape index (κ1) is 30.3. The molecule has 4 aromatic carbocycles. The zero-order valence-electron chi connectivity index (χ0n) is 26.7. The third kappa shape index (κ3) is 5.98. The SMILES string of the molecule is Cc1c(-c2ccccc2)nc2ccccc2c1C(=O)NCCN1CCN(C(=O)c2c(C)c(-c3ccccc3)nc3ccccc23)CC1. The van der Waals surface area contributed by atoms with Gasteiger partial charge >= 0.3 is 0 Å². The maximum absolute atomic E-state index is 14.1. The van der Waals surface area contributed by atoms with Gasteiger partial charge in [-0.15, -0.1) is 0 Å². The third-order valence-corrected chi connectivity index (χ3v) is 9.18. The van der Waals surface area contributed by atoms with E-state index in [4.69, 9.17) is 9.97 Å². The number of aromatic nitrogens is 2. The fourth-order valence-corrected chi connectivity index (χ4v) is 6.69. The lowest BCUT2D eigenvalue weighted by atomic mass is 9.96. The summed E-state index contributed by atoms with van der Waals surface area (Å²) in [6, 6.07) is 35.8. The molecule has 1 aliphatic rings. The van der Waals surface area contributed by atoms with Crippen LogP contribution in [0.15, 0.2) is 109 Å². The Morgan fingerprint density at radius 3 is 1.64 bits per heavy atom. The normalized spacial score (nSPS) is 13.6. The fraction of sp³-hybridized carbons (Fsp3) is 0.200. The predicted octanol–water partition coefficient (Wildman–Crippen LogP) is 6.92. The molecule has 234 valence electrons. The molecule has 0 atom stereocenters. The van der Waals surface area contributed by atoms with Gasteiger partial charge in [-0.25, -0.2) is 9.97 Å². The molecule has 0 spiro atoms. The lowest BCUT2D eigenvalue weighted by molar-refractivity contribution is 0.0639. The number of fused-ring (bicyclic) bond motifs is 2. The second-order valence-corrected chi connectivity index (χ2v) is 12.1. The molecule has 1 N–H and O–H groups in total. The maximum atomic E-state index is 14.1. The Hall–Kier alpha value is -5.40. The van der Waals surface area contributed by atoms with E-state index in [2.05, 4.69) is 10.2 Å². The quantitative estimate of drug-likeness (QED) is 0.210. The molecule has 1 aliphatic heterocycles. The van der Waals surface area contributed by atoms with E-state index in [1.165, 1.54) is 0 Å². The summed E-state index contributed by atoms with van der Waals surface area (Å²) >= 11 is 0. The van der Waals surface area contributed by atoms with Gasteiger partial charge in [0.15, 0.2) is 0 Å². The average molecular weight is 620 g/mol. The molecule has 1 fully saturated rings. The van der Waals surface area contributed by atoms with Crippen LogP contribution in [-0.4, -0.2) is 70.9 Å². The fourth-order valence-electron chi connectivity index (χ4n) is 6.69. The van der Waals surface area contributed by atoms with E-state index in [0.717, 1.165) is 74.1 Å². The van der Waals surface area contributed by atoms with Crippen LogP contribution in [0.2, 0.25) is 0 Å². The molecule has 0 aliphatic carbocycles. The van der Waals surface area contributed by atoms with Crippen molar-refractivity contribution in [1.82, 2.24) is 25.1 Å². The lowest BCUT2D eigenvalue weighted by Crippen LogP contribution is -2.50. The summed E-state index contributed by atoms with van der Waals surface area (Å²) in [6.07, 6.45) is 0. The molecule has 7 rings (SSSR count). The monoisotopic (exact) mass is 619 g/mol. The minimum absolute atomic E-state index is 0.0421. The number of carbonyl (C=O) groups excluding carboxylic acids is 2. The van der Waals surface area contributed by atoms with Gasteiger partial charge in [0.05, 0.1) is 33.5 Å². The molecule has 7 nitrogen and oxygen atoms in total. The molecular weight excluding hydrogens is 582 g/mol. The maximum Gasteiger partial charge on any atom is 0.254 e. The largest absolute Gasteiger partial charge is 0.351 e. The van der Waals surface area contributed by atoms with E-state index in [0.29, 0.717) is 31.7 Å². The Balaban J connectivity index is 1.03. The second-order valence-electron chi connectivity index (χ2n) is 12.1. The minimum atomic E-state index is -0.0960. The molecule has 0 bridgehead atoms. The number of pyridine rings is 2. The van der Waals surface area contributed by atoms with Gasteiger partial charge in [-0.3, -0.25) is 14.5 Å². The van der Waals surface area contributed by atoms with E-state index < -0.39 is 0 Å². The van der Waals surface area contributed by atoms with Crippen LogP contribution in [0.1, 0.15) is 31.8 Å². The highest BCUT2D eigenvalue weighted by molar-refractivity contribution is 6.10. The first-order valence-corrected chi connectivity index (χ1v) is 16.2. The highest BCUT2D eigenvalue weighted by Crippen LogP contribution is 2.31. The van der Waals surface area contributed by atoms with Crippen molar-refractivity contribution in [3.05, 3.63) is 131 Å². The highest BCUT2D eigenvalue weighted by atomic mass is 16.2. The van der Waals surface area contributed by atoms with E-state index in [9.17, 15) is 9.59 Å². The molecule has 7 heteroatoms. The van der Waals surface area contributed by atoms with Crippen molar-refractivity contribution < 1.29 is 9.59 Å². The predicted molar refractivity (Wildman–Crippen MR) is 189 cm³/mol. The summed E-state index contributed by atoms with van der Waals surface area (Å²) in [5, 5.41) is 4.91. The zero-order valence-corrected chi connectivity index (χ0v) is 26.7. The van der Waals surface area contributed by atoms with Gasteiger partial charge in [-0.1, -0.05) is 97.1 Å². The van der Waals surface area contributed by atoms with Crippen LogP contribution >= 0.6 is 0 Å². The summed E-state index contributed by atoms with van der Waals surface area (Å²) in [5.74, 6) is -0.0538. The topological polar surface area (TPSA) is 78.4 Å². The summed E-state index contributed by atoms with van der Waals surface area (Å²) in [7, 11) is 0. The summed E-state index contributed by atoms with van der Waals surface area (Å²) in [6.45, 7) is 7.92. The van der Waals surface area contributed by atoms with Crippen LogP contribution in [0, 0.1) is 13.8 Å². The van der Waals surface area contributed by atoms with Crippen LogP contribution in [0.5, 0.6) is 0 Å². The number of para-hydroxylation sites is 2. The molecule has 47 heavy (non-hydrogen) atoms. The van der Waals surface area contributed by atoms with E-state index in [1.54, 1.807) is 0 Å². The smallest absolute Gasteiger partial charge is 0.254 e. The van der Waals surface area contributed by atoms with Crippen LogP contribution in [0.25, 0.3) is 44.3 Å². The molecule has 1 saturated heterocycles. The molecule has 0 unspecified atom stereocenters. The molecule has 2 aromatic heterocycles. The van der Waals surface area contributed by atoms with Gasteiger partial charge in [0.1, 0.15) is 0 Å². The molecule has 2 amide bonds. The van der Waals surface area contributed by atoms with Crippen LogP contribution in [-0.2, 0) is 0 Å².